The SMILES string of the molecule is C[C@@](N)(CN1CC(Oc2ccc(CCB(O)O)c(O)c2C(=O)O)C1)C(=O)O. The number of rotatable bonds is 9. The standard InChI is InChI=1S/C16H23BN2O8/c1-16(18,15(23)24)8-19-6-10(7-19)27-11-3-2-9(4-5-17(25)26)13(20)12(11)14(21)22/h2-3,10,20,25-26H,4-8,18H2,1H3,(H,21,22)(H,23,24)/t16-/m1/s1. The van der Waals surface area contributed by atoms with Gasteiger partial charge in [0, 0.05) is 19.6 Å². The molecule has 1 aliphatic rings. The van der Waals surface area contributed by atoms with Gasteiger partial charge in [0.25, 0.3) is 0 Å². The predicted molar refractivity (Wildman–Crippen MR) is 94.9 cm³/mol. The van der Waals surface area contributed by atoms with Crippen LogP contribution < -0.4 is 10.5 Å². The largest absolute Gasteiger partial charge is 0.507 e. The number of hydrogen-bond donors (Lipinski definition) is 6. The number of nitrogens with zero attached hydrogens (tertiary/aromatic N) is 1. The second-order valence-corrected chi connectivity index (χ2v) is 6.93. The molecule has 1 atom stereocenters. The third-order valence-electron chi connectivity index (χ3n) is 4.37. The van der Waals surface area contributed by atoms with Crippen molar-refractivity contribution in [3.63, 3.8) is 0 Å². The zero-order valence-corrected chi connectivity index (χ0v) is 14.8. The van der Waals surface area contributed by atoms with Crippen molar-refractivity contribution < 1.29 is 39.7 Å². The summed E-state index contributed by atoms with van der Waals surface area (Å²) in [5.74, 6) is -2.97. The van der Waals surface area contributed by atoms with Gasteiger partial charge in [-0.05, 0) is 31.3 Å². The Bertz CT molecular complexity index is 719. The summed E-state index contributed by atoms with van der Waals surface area (Å²) in [6, 6.07) is 2.88. The Morgan fingerprint density at radius 2 is 1.96 bits per heavy atom. The topological polar surface area (TPSA) is 174 Å². The highest BCUT2D eigenvalue weighted by molar-refractivity contribution is 6.41. The van der Waals surface area contributed by atoms with E-state index in [1.807, 2.05) is 0 Å². The average molecular weight is 382 g/mol. The molecule has 1 aliphatic heterocycles. The van der Waals surface area contributed by atoms with E-state index in [1.165, 1.54) is 19.1 Å². The van der Waals surface area contributed by atoms with Crippen molar-refractivity contribution in [2.24, 2.45) is 5.73 Å². The lowest BCUT2D eigenvalue weighted by atomic mass is 9.82. The summed E-state index contributed by atoms with van der Waals surface area (Å²) in [6.07, 6.45) is -0.325. The molecule has 0 spiro atoms. The van der Waals surface area contributed by atoms with Gasteiger partial charge < -0.3 is 35.8 Å². The number of nitrogens with two attached hydrogens (primary N) is 1. The number of aryl methyl sites for hydroxylation is 1. The number of phenols is 1. The van der Waals surface area contributed by atoms with Crippen LogP contribution in [0.4, 0.5) is 0 Å². The molecule has 27 heavy (non-hydrogen) atoms. The quantitative estimate of drug-likeness (QED) is 0.290. The van der Waals surface area contributed by atoms with Crippen LogP contribution in [0, 0.1) is 0 Å². The van der Waals surface area contributed by atoms with E-state index in [-0.39, 0.29) is 36.7 Å². The molecule has 1 fully saturated rings. The van der Waals surface area contributed by atoms with Gasteiger partial charge in [-0.2, -0.15) is 0 Å². The smallest absolute Gasteiger partial charge is 0.451 e. The van der Waals surface area contributed by atoms with Crippen LogP contribution in [-0.4, -0.2) is 80.6 Å². The molecule has 1 saturated heterocycles. The second kappa shape index (κ2) is 8.13. The number of carbonyl (C=O) groups is 2. The number of ether oxygens (including phenoxy) is 1. The number of aromatic carboxylic acids is 1. The van der Waals surface area contributed by atoms with Crippen molar-refractivity contribution in [1.82, 2.24) is 4.90 Å². The highest BCUT2D eigenvalue weighted by atomic mass is 16.5. The van der Waals surface area contributed by atoms with Crippen LogP contribution in [-0.2, 0) is 11.2 Å². The summed E-state index contributed by atoms with van der Waals surface area (Å²) < 4.78 is 5.64. The number of aromatic hydroxyl groups is 1. The maximum Gasteiger partial charge on any atom is 0.451 e. The number of hydrogen-bond acceptors (Lipinski definition) is 8. The van der Waals surface area contributed by atoms with Crippen LogP contribution in [0.3, 0.4) is 0 Å². The first-order valence-electron chi connectivity index (χ1n) is 8.37. The molecule has 11 heteroatoms. The third kappa shape index (κ3) is 5.10. The van der Waals surface area contributed by atoms with Gasteiger partial charge in [0.1, 0.15) is 28.7 Å². The zero-order valence-electron chi connectivity index (χ0n) is 14.8. The monoisotopic (exact) mass is 382 g/mol. The van der Waals surface area contributed by atoms with Crippen LogP contribution in [0.1, 0.15) is 22.8 Å². The minimum absolute atomic E-state index is 0.00769. The molecular weight excluding hydrogens is 359 g/mol. The molecule has 7 N–H and O–H groups in total. The van der Waals surface area contributed by atoms with Crippen molar-refractivity contribution >= 4 is 19.1 Å². The molecule has 0 unspecified atom stereocenters. The van der Waals surface area contributed by atoms with Gasteiger partial charge in [-0.1, -0.05) is 6.07 Å². The van der Waals surface area contributed by atoms with E-state index in [0.717, 1.165) is 0 Å². The molecule has 0 aromatic heterocycles. The molecule has 0 bridgehead atoms. The summed E-state index contributed by atoms with van der Waals surface area (Å²) in [7, 11) is -1.56. The summed E-state index contributed by atoms with van der Waals surface area (Å²) in [5.41, 5.74) is 4.17. The summed E-state index contributed by atoms with van der Waals surface area (Å²) in [4.78, 5) is 24.3. The van der Waals surface area contributed by atoms with Crippen LogP contribution >= 0.6 is 0 Å². The van der Waals surface area contributed by atoms with Gasteiger partial charge in [0.2, 0.25) is 0 Å². The Labute approximate surface area is 155 Å². The van der Waals surface area contributed by atoms with Crippen LogP contribution in [0.2, 0.25) is 6.32 Å². The minimum Gasteiger partial charge on any atom is -0.507 e. The first kappa shape index (κ1) is 21.0. The molecule has 1 aromatic rings. The molecule has 0 saturated carbocycles. The highest BCUT2D eigenvalue weighted by Crippen LogP contribution is 2.34. The molecule has 1 heterocycles. The first-order valence-corrected chi connectivity index (χ1v) is 8.37. The molecule has 148 valence electrons. The van der Waals surface area contributed by atoms with Gasteiger partial charge in [0.05, 0.1) is 0 Å². The Hall–Kier alpha value is -2.34. The van der Waals surface area contributed by atoms with Crippen LogP contribution in [0.15, 0.2) is 12.1 Å². The number of aliphatic carboxylic acids is 1. The van der Waals surface area contributed by atoms with E-state index in [9.17, 15) is 19.8 Å². The van der Waals surface area contributed by atoms with Crippen LogP contribution in [0.25, 0.3) is 0 Å². The van der Waals surface area contributed by atoms with E-state index >= 15 is 0 Å². The Balaban J connectivity index is 2.04. The van der Waals surface area contributed by atoms with E-state index in [0.29, 0.717) is 13.1 Å². The number of likely N-dealkylation sites (tertiary alicyclic amines) is 1. The maximum absolute atomic E-state index is 11.5. The summed E-state index contributed by atoms with van der Waals surface area (Å²) in [5, 5.41) is 46.5. The van der Waals surface area contributed by atoms with Gasteiger partial charge in [0.15, 0.2) is 0 Å². The summed E-state index contributed by atoms with van der Waals surface area (Å²) >= 11 is 0. The Kier molecular flexibility index (Phi) is 6.32. The Morgan fingerprint density at radius 1 is 1.33 bits per heavy atom. The normalized spacial score (nSPS) is 17.0. The first-order chi connectivity index (χ1) is 12.5. The molecule has 0 amide bonds. The lowest BCUT2D eigenvalue weighted by Crippen LogP contribution is -2.62. The molecule has 0 aliphatic carbocycles. The van der Waals surface area contributed by atoms with E-state index < -0.39 is 35.9 Å². The van der Waals surface area contributed by atoms with Crippen molar-refractivity contribution in [3.8, 4) is 11.5 Å². The van der Waals surface area contributed by atoms with E-state index in [4.69, 9.17) is 25.6 Å². The van der Waals surface area contributed by atoms with Gasteiger partial charge in [-0.25, -0.2) is 4.79 Å². The van der Waals surface area contributed by atoms with E-state index in [1.54, 1.807) is 4.90 Å². The lowest BCUT2D eigenvalue weighted by molar-refractivity contribution is -0.144. The van der Waals surface area contributed by atoms with Gasteiger partial charge in [-0.15, -0.1) is 0 Å². The van der Waals surface area contributed by atoms with E-state index in [2.05, 4.69) is 0 Å². The number of benzene rings is 1. The molecular formula is C16H23BN2O8. The van der Waals surface area contributed by atoms with Gasteiger partial charge in [-0.3, -0.25) is 9.69 Å². The maximum atomic E-state index is 11.5. The van der Waals surface area contributed by atoms with Crippen molar-refractivity contribution in [1.29, 1.82) is 0 Å². The lowest BCUT2D eigenvalue weighted by Gasteiger charge is -2.41. The van der Waals surface area contributed by atoms with Crippen LogP contribution in [0.5, 0.6) is 11.5 Å². The molecule has 0 radical (unpaired) electrons. The van der Waals surface area contributed by atoms with Crippen molar-refractivity contribution in [3.05, 3.63) is 23.3 Å². The Morgan fingerprint density at radius 3 is 2.48 bits per heavy atom. The fourth-order valence-corrected chi connectivity index (χ4v) is 2.84. The van der Waals surface area contributed by atoms with Gasteiger partial charge >= 0.3 is 19.1 Å². The molecule has 1 aromatic carbocycles. The third-order valence-corrected chi connectivity index (χ3v) is 4.37. The fraction of sp³-hybridized carbons (Fsp3) is 0.500. The summed E-state index contributed by atoms with van der Waals surface area (Å²) in [6.45, 7) is 2.28. The molecule has 2 rings (SSSR count). The second-order valence-electron chi connectivity index (χ2n) is 6.93. The molecule has 10 nitrogen and oxygen atoms in total. The fourth-order valence-electron chi connectivity index (χ4n) is 2.84. The van der Waals surface area contributed by atoms with Crippen molar-refractivity contribution in [2.75, 3.05) is 19.6 Å². The van der Waals surface area contributed by atoms with Crippen molar-refractivity contribution in [2.45, 2.75) is 31.3 Å². The zero-order chi connectivity index (χ0) is 20.4. The number of carboxylic acid groups (broad SMARTS) is 2. The number of carboxylic acids is 2. The minimum atomic E-state index is -1.56. The highest BCUT2D eigenvalue weighted by Gasteiger charge is 2.37. The predicted octanol–water partition coefficient (Wildman–Crippen LogP) is -1.03. The average Bonchev–Trinajstić information content (AvgIpc) is 2.51.